The number of piperazine rings is 1. The van der Waals surface area contributed by atoms with E-state index >= 15 is 0 Å². The van der Waals surface area contributed by atoms with Crippen molar-refractivity contribution in [1.82, 2.24) is 20.1 Å². The van der Waals surface area contributed by atoms with Crippen LogP contribution in [0.5, 0.6) is 5.75 Å². The number of ether oxygens (including phenoxy) is 1. The topological polar surface area (TPSA) is 115 Å². The van der Waals surface area contributed by atoms with E-state index in [-0.39, 0.29) is 23.1 Å². The summed E-state index contributed by atoms with van der Waals surface area (Å²) in [5, 5.41) is 16.9. The fraction of sp³-hybridized carbons (Fsp3) is 0.276. The largest absolute Gasteiger partial charge is 0.490 e. The Morgan fingerprint density at radius 1 is 1.08 bits per heavy atom. The third-order valence-electron chi connectivity index (χ3n) is 7.07. The highest BCUT2D eigenvalue weighted by atomic mass is 19.1. The van der Waals surface area contributed by atoms with E-state index in [4.69, 9.17) is 10.00 Å². The molecule has 2 aromatic heterocycles. The van der Waals surface area contributed by atoms with Crippen LogP contribution in [0.4, 0.5) is 10.2 Å². The van der Waals surface area contributed by atoms with Gasteiger partial charge in [-0.1, -0.05) is 6.07 Å². The van der Waals surface area contributed by atoms with E-state index in [1.807, 2.05) is 11.0 Å². The molecule has 0 spiro atoms. The van der Waals surface area contributed by atoms with Crippen LogP contribution in [0.1, 0.15) is 40.0 Å². The summed E-state index contributed by atoms with van der Waals surface area (Å²) in [5.41, 5.74) is 1.51. The molecule has 1 saturated carbocycles. The normalized spacial score (nSPS) is 15.3. The van der Waals surface area contributed by atoms with Crippen molar-refractivity contribution in [2.45, 2.75) is 25.4 Å². The maximum Gasteiger partial charge on any atom is 0.272 e. The summed E-state index contributed by atoms with van der Waals surface area (Å²) in [7, 11) is 0. The molecule has 0 bridgehead atoms. The Bertz CT molecular complexity index is 1650. The lowest BCUT2D eigenvalue weighted by Gasteiger charge is -2.35. The van der Waals surface area contributed by atoms with Gasteiger partial charge in [-0.15, -0.1) is 0 Å². The Hall–Kier alpha value is -4.78. The fourth-order valence-corrected chi connectivity index (χ4v) is 4.77. The van der Waals surface area contributed by atoms with Crippen molar-refractivity contribution < 1.29 is 13.9 Å². The quantitative estimate of drug-likeness (QED) is 0.411. The van der Waals surface area contributed by atoms with Gasteiger partial charge in [-0.25, -0.2) is 14.5 Å². The number of aromatic amines is 1. The number of amides is 1. The lowest BCUT2D eigenvalue weighted by molar-refractivity contribution is 0.0741. The lowest BCUT2D eigenvalue weighted by atomic mass is 10.0. The number of nitrogens with zero attached hydrogens (tertiary/aromatic N) is 5. The number of nitriles is 1. The number of halogens is 1. The minimum absolute atomic E-state index is 0.00364. The number of carbonyl (C=O) groups excluding carboxylic acids is 1. The van der Waals surface area contributed by atoms with Crippen LogP contribution in [0, 0.1) is 17.1 Å². The molecular formula is C29H25FN6O3. The van der Waals surface area contributed by atoms with Gasteiger partial charge in [0.15, 0.2) is 0 Å². The van der Waals surface area contributed by atoms with Crippen molar-refractivity contribution in [3.05, 3.63) is 93.3 Å². The van der Waals surface area contributed by atoms with Crippen LogP contribution >= 0.6 is 0 Å². The van der Waals surface area contributed by atoms with Gasteiger partial charge < -0.3 is 14.5 Å². The molecule has 1 N–H and O–H groups in total. The third-order valence-corrected chi connectivity index (χ3v) is 7.07. The summed E-state index contributed by atoms with van der Waals surface area (Å²) in [5.74, 6) is 0.463. The van der Waals surface area contributed by atoms with Crippen LogP contribution in [0.3, 0.4) is 0 Å². The van der Waals surface area contributed by atoms with Crippen LogP contribution in [-0.4, -0.2) is 58.3 Å². The number of benzene rings is 2. The van der Waals surface area contributed by atoms with Gasteiger partial charge in [0.1, 0.15) is 23.5 Å². The van der Waals surface area contributed by atoms with Gasteiger partial charge in [0.25, 0.3) is 11.5 Å². The van der Waals surface area contributed by atoms with Crippen molar-refractivity contribution in [3.63, 3.8) is 0 Å². The minimum Gasteiger partial charge on any atom is -0.490 e. The molecule has 9 nitrogen and oxygen atoms in total. The number of hydrogen-bond acceptors (Lipinski definition) is 7. The summed E-state index contributed by atoms with van der Waals surface area (Å²) in [6.07, 6.45) is 4.08. The van der Waals surface area contributed by atoms with Crippen molar-refractivity contribution in [2.75, 3.05) is 31.1 Å². The first-order chi connectivity index (χ1) is 19.0. The second-order valence-corrected chi connectivity index (χ2v) is 9.81. The first kappa shape index (κ1) is 24.6. The zero-order valence-corrected chi connectivity index (χ0v) is 21.1. The van der Waals surface area contributed by atoms with Crippen molar-refractivity contribution >= 4 is 22.5 Å². The van der Waals surface area contributed by atoms with E-state index in [2.05, 4.69) is 21.3 Å². The molecule has 0 radical (unpaired) electrons. The molecule has 2 fully saturated rings. The highest BCUT2D eigenvalue weighted by molar-refractivity contribution is 5.95. The monoisotopic (exact) mass is 524 g/mol. The molecule has 3 heterocycles. The van der Waals surface area contributed by atoms with E-state index in [1.54, 1.807) is 41.3 Å². The van der Waals surface area contributed by atoms with Gasteiger partial charge in [-0.05, 0) is 60.9 Å². The Morgan fingerprint density at radius 3 is 2.62 bits per heavy atom. The number of fused-ring (bicyclic) bond motifs is 1. The summed E-state index contributed by atoms with van der Waals surface area (Å²) >= 11 is 0. The number of carbonyl (C=O) groups is 1. The molecule has 1 saturated heterocycles. The van der Waals surface area contributed by atoms with E-state index < -0.39 is 5.82 Å². The third kappa shape index (κ3) is 5.16. The number of H-pyrrole nitrogens is 1. The molecule has 1 aliphatic heterocycles. The highest BCUT2D eigenvalue weighted by Gasteiger charge is 2.26. The van der Waals surface area contributed by atoms with Gasteiger partial charge in [0, 0.05) is 44.2 Å². The predicted octanol–water partition coefficient (Wildman–Crippen LogP) is 3.42. The molecule has 39 heavy (non-hydrogen) atoms. The average molecular weight is 525 g/mol. The lowest BCUT2D eigenvalue weighted by Crippen LogP contribution is -2.49. The fourth-order valence-electron chi connectivity index (χ4n) is 4.77. The van der Waals surface area contributed by atoms with Crippen LogP contribution in [0.15, 0.2) is 59.5 Å². The number of rotatable bonds is 6. The molecule has 2 aromatic carbocycles. The van der Waals surface area contributed by atoms with Crippen LogP contribution in [0.25, 0.3) is 10.8 Å². The highest BCUT2D eigenvalue weighted by Crippen LogP contribution is 2.29. The number of anilines is 1. The van der Waals surface area contributed by atoms with Crippen molar-refractivity contribution in [3.8, 4) is 11.8 Å². The molecule has 196 valence electrons. The van der Waals surface area contributed by atoms with Gasteiger partial charge in [-0.3, -0.25) is 9.59 Å². The van der Waals surface area contributed by atoms with Gasteiger partial charge in [0.2, 0.25) is 0 Å². The maximum atomic E-state index is 14.8. The molecule has 2 aliphatic rings. The average Bonchev–Trinajstić information content (AvgIpc) is 3.79. The van der Waals surface area contributed by atoms with Gasteiger partial charge in [0.05, 0.1) is 28.3 Å². The summed E-state index contributed by atoms with van der Waals surface area (Å²) < 4.78 is 20.7. The number of nitrogens with one attached hydrogen (secondary N) is 1. The molecule has 4 aromatic rings. The Labute approximate surface area is 223 Å². The Morgan fingerprint density at radius 2 is 1.90 bits per heavy atom. The van der Waals surface area contributed by atoms with Crippen LogP contribution in [0.2, 0.25) is 0 Å². The smallest absolute Gasteiger partial charge is 0.272 e. The zero-order chi connectivity index (χ0) is 26.9. The molecule has 0 atom stereocenters. The Balaban J connectivity index is 1.19. The molecular weight excluding hydrogens is 499 g/mol. The molecule has 1 aliphatic carbocycles. The Kier molecular flexibility index (Phi) is 6.40. The van der Waals surface area contributed by atoms with E-state index in [0.29, 0.717) is 65.9 Å². The van der Waals surface area contributed by atoms with E-state index in [1.165, 1.54) is 12.3 Å². The number of pyridine rings is 1. The summed E-state index contributed by atoms with van der Waals surface area (Å²) in [6.45, 7) is 1.93. The van der Waals surface area contributed by atoms with Gasteiger partial charge >= 0.3 is 0 Å². The molecule has 10 heteroatoms. The standard InChI is InChI=1S/C29H25FN6O3/c30-25-7-1-18(14-26-23-15-21(39-20-3-4-20)5-6-22(23)28(37)34-33-26)13-24(25)29(38)36-11-9-35(10-12-36)27-8-2-19(16-31)17-32-27/h1-2,5-8,13,15,17,20H,3-4,9-12,14H2,(H,34,37). The predicted molar refractivity (Wildman–Crippen MR) is 142 cm³/mol. The molecule has 6 rings (SSSR count). The van der Waals surface area contributed by atoms with Crippen LogP contribution < -0.4 is 15.2 Å². The minimum atomic E-state index is -0.584. The second-order valence-electron chi connectivity index (χ2n) is 9.81. The second kappa shape index (κ2) is 10.2. The van der Waals surface area contributed by atoms with Crippen molar-refractivity contribution in [1.29, 1.82) is 5.26 Å². The van der Waals surface area contributed by atoms with E-state index in [9.17, 15) is 14.0 Å². The number of aromatic nitrogens is 3. The summed E-state index contributed by atoms with van der Waals surface area (Å²) in [6, 6.07) is 15.4. The first-order valence-electron chi connectivity index (χ1n) is 12.9. The van der Waals surface area contributed by atoms with E-state index in [0.717, 1.165) is 18.7 Å². The van der Waals surface area contributed by atoms with Gasteiger partial charge in [-0.2, -0.15) is 10.4 Å². The van der Waals surface area contributed by atoms with Crippen LogP contribution in [-0.2, 0) is 6.42 Å². The molecule has 0 unspecified atom stereocenters. The number of hydrogen-bond donors (Lipinski definition) is 1. The zero-order valence-electron chi connectivity index (χ0n) is 21.1. The van der Waals surface area contributed by atoms with Crippen molar-refractivity contribution in [2.24, 2.45) is 0 Å². The SMILES string of the molecule is N#Cc1ccc(N2CCN(C(=O)c3cc(Cc4n[nH]c(=O)c5ccc(OC6CC6)cc45)ccc3F)CC2)nc1. The summed E-state index contributed by atoms with van der Waals surface area (Å²) in [4.78, 5) is 33.6. The first-order valence-corrected chi connectivity index (χ1v) is 12.9. The molecule has 1 amide bonds. The maximum absolute atomic E-state index is 14.8.